The molecule has 1 N–H and O–H groups in total. The van der Waals surface area contributed by atoms with E-state index in [1.165, 1.54) is 11.8 Å². The lowest BCUT2D eigenvalue weighted by Gasteiger charge is -2.14. The number of nitrogens with zero attached hydrogens (tertiary/aromatic N) is 1. The van der Waals surface area contributed by atoms with Crippen molar-refractivity contribution in [1.82, 2.24) is 5.32 Å². The maximum atomic E-state index is 12.5. The number of aliphatic imine (C=N–C) groups is 1. The van der Waals surface area contributed by atoms with Gasteiger partial charge in [-0.2, -0.15) is 0 Å². The van der Waals surface area contributed by atoms with Gasteiger partial charge in [0.1, 0.15) is 6.61 Å². The first-order valence-corrected chi connectivity index (χ1v) is 12.0. The average molecular weight is 544 g/mol. The van der Waals surface area contributed by atoms with Gasteiger partial charge in [-0.05, 0) is 88.2 Å². The van der Waals surface area contributed by atoms with Crippen LogP contribution in [0.2, 0.25) is 5.02 Å². The molecule has 3 aromatic carbocycles. The molecule has 0 unspecified atom stereocenters. The molecule has 1 aliphatic heterocycles. The molecule has 3 aromatic rings. The summed E-state index contributed by atoms with van der Waals surface area (Å²) in [5.41, 5.74) is 3.68. The van der Waals surface area contributed by atoms with Crippen LogP contribution in [0.25, 0.3) is 6.08 Å². The van der Waals surface area contributed by atoms with Gasteiger partial charge in [0.15, 0.2) is 16.7 Å². The number of ether oxygens (including phenoxy) is 2. The molecule has 0 spiro atoms. The molecule has 33 heavy (non-hydrogen) atoms. The van der Waals surface area contributed by atoms with Gasteiger partial charge in [0.25, 0.3) is 5.91 Å². The zero-order valence-corrected chi connectivity index (χ0v) is 21.1. The van der Waals surface area contributed by atoms with E-state index in [2.05, 4.69) is 26.2 Å². The van der Waals surface area contributed by atoms with E-state index in [1.807, 2.05) is 67.6 Å². The largest absolute Gasteiger partial charge is 0.493 e. The summed E-state index contributed by atoms with van der Waals surface area (Å²) in [5, 5.41) is 4.01. The minimum Gasteiger partial charge on any atom is -0.493 e. The van der Waals surface area contributed by atoms with Crippen molar-refractivity contribution in [3.8, 4) is 11.5 Å². The third-order valence-corrected chi connectivity index (χ3v) is 6.47. The number of benzene rings is 3. The summed E-state index contributed by atoms with van der Waals surface area (Å²) in [6, 6.07) is 19.0. The van der Waals surface area contributed by atoms with Crippen LogP contribution in [0, 0.1) is 6.92 Å². The first-order valence-electron chi connectivity index (χ1n) is 10.0. The number of aryl methyl sites for hydroxylation is 1. The first kappa shape index (κ1) is 23.4. The van der Waals surface area contributed by atoms with Gasteiger partial charge < -0.3 is 14.8 Å². The predicted octanol–water partition coefficient (Wildman–Crippen LogP) is 6.89. The lowest BCUT2D eigenvalue weighted by molar-refractivity contribution is -0.115. The molecule has 168 valence electrons. The molecule has 4 rings (SSSR count). The minimum atomic E-state index is -0.192. The van der Waals surface area contributed by atoms with Gasteiger partial charge in [-0.1, -0.05) is 41.4 Å². The Morgan fingerprint density at radius 3 is 2.67 bits per heavy atom. The van der Waals surface area contributed by atoms with Crippen molar-refractivity contribution >= 4 is 62.1 Å². The Labute approximate surface area is 210 Å². The molecular weight excluding hydrogens is 524 g/mol. The van der Waals surface area contributed by atoms with Gasteiger partial charge in [-0.25, -0.2) is 4.99 Å². The Bertz CT molecular complexity index is 1260. The zero-order chi connectivity index (χ0) is 23.4. The van der Waals surface area contributed by atoms with Crippen molar-refractivity contribution in [3.05, 3.63) is 91.8 Å². The van der Waals surface area contributed by atoms with Crippen molar-refractivity contribution in [2.45, 2.75) is 13.5 Å². The number of thioether (sulfide) groups is 1. The van der Waals surface area contributed by atoms with Crippen LogP contribution in [-0.2, 0) is 11.4 Å². The highest BCUT2D eigenvalue weighted by Crippen LogP contribution is 2.39. The van der Waals surface area contributed by atoms with Crippen LogP contribution in [0.3, 0.4) is 0 Å². The van der Waals surface area contributed by atoms with E-state index in [1.54, 1.807) is 13.2 Å². The molecule has 1 heterocycles. The third-order valence-electron chi connectivity index (χ3n) is 4.74. The fourth-order valence-corrected chi connectivity index (χ4v) is 4.74. The first-order chi connectivity index (χ1) is 15.9. The van der Waals surface area contributed by atoms with Crippen molar-refractivity contribution in [2.75, 3.05) is 7.11 Å². The summed E-state index contributed by atoms with van der Waals surface area (Å²) in [6.07, 6.45) is 1.80. The molecule has 1 saturated heterocycles. The quantitative estimate of drug-likeness (QED) is 0.344. The van der Waals surface area contributed by atoms with Crippen LogP contribution in [0.4, 0.5) is 5.69 Å². The monoisotopic (exact) mass is 542 g/mol. The van der Waals surface area contributed by atoms with Crippen LogP contribution < -0.4 is 14.8 Å². The Morgan fingerprint density at radius 2 is 1.94 bits per heavy atom. The number of carbonyl (C=O) groups is 1. The van der Waals surface area contributed by atoms with E-state index in [9.17, 15) is 4.79 Å². The zero-order valence-electron chi connectivity index (χ0n) is 17.9. The summed E-state index contributed by atoms with van der Waals surface area (Å²) in [6.45, 7) is 2.36. The molecule has 0 aromatic heterocycles. The maximum absolute atomic E-state index is 12.5. The topological polar surface area (TPSA) is 59.9 Å². The number of nitrogens with one attached hydrogen (secondary N) is 1. The van der Waals surface area contributed by atoms with Crippen LogP contribution in [-0.4, -0.2) is 18.2 Å². The summed E-state index contributed by atoms with van der Waals surface area (Å²) in [4.78, 5) is 17.5. The highest BCUT2D eigenvalue weighted by molar-refractivity contribution is 9.10. The molecule has 1 amide bonds. The Hall–Kier alpha value is -2.74. The highest BCUT2D eigenvalue weighted by Gasteiger charge is 2.24. The lowest BCUT2D eigenvalue weighted by Crippen LogP contribution is -2.19. The van der Waals surface area contributed by atoms with Crippen LogP contribution >= 0.6 is 39.3 Å². The Morgan fingerprint density at radius 1 is 1.15 bits per heavy atom. The Kier molecular flexibility index (Phi) is 7.42. The standard InChI is InChI=1S/C25H20BrClN2O3S/c1-15-6-8-19(9-7-15)28-25-29-24(30)22(33-25)13-17-11-20(26)23(21(12-17)31-2)32-14-16-4-3-5-18(27)10-16/h3-13H,14H2,1-2H3,(H,28,29,30)/b22-13-. The maximum Gasteiger partial charge on any atom is 0.264 e. The molecule has 5 nitrogen and oxygen atoms in total. The van der Waals surface area contributed by atoms with Gasteiger partial charge in [0, 0.05) is 5.02 Å². The molecule has 1 aliphatic rings. The van der Waals surface area contributed by atoms with Crippen molar-refractivity contribution in [2.24, 2.45) is 4.99 Å². The van der Waals surface area contributed by atoms with Gasteiger partial charge in [0.05, 0.1) is 22.2 Å². The summed E-state index contributed by atoms with van der Waals surface area (Å²) in [5.74, 6) is 0.933. The lowest BCUT2D eigenvalue weighted by atomic mass is 10.2. The van der Waals surface area contributed by atoms with Crippen LogP contribution in [0.1, 0.15) is 16.7 Å². The van der Waals surface area contributed by atoms with Gasteiger partial charge >= 0.3 is 0 Å². The van der Waals surface area contributed by atoms with Crippen molar-refractivity contribution in [3.63, 3.8) is 0 Å². The molecule has 0 bridgehead atoms. The Balaban J connectivity index is 1.53. The average Bonchev–Trinajstić information content (AvgIpc) is 3.12. The number of rotatable bonds is 6. The minimum absolute atomic E-state index is 0.192. The number of hydrogen-bond acceptors (Lipinski definition) is 5. The number of methoxy groups -OCH3 is 1. The molecule has 8 heteroatoms. The number of amides is 1. The molecule has 0 saturated carbocycles. The van der Waals surface area contributed by atoms with Crippen molar-refractivity contribution in [1.29, 1.82) is 0 Å². The van der Waals surface area contributed by atoms with Gasteiger partial charge in [-0.15, -0.1) is 0 Å². The fourth-order valence-electron chi connectivity index (χ4n) is 3.11. The normalized spacial score (nSPS) is 15.7. The van der Waals surface area contributed by atoms with E-state index in [0.717, 1.165) is 22.4 Å². The summed E-state index contributed by atoms with van der Waals surface area (Å²) in [7, 11) is 1.58. The SMILES string of the molecule is COc1cc(/C=C2\SC(=Nc3ccc(C)cc3)NC2=O)cc(Br)c1OCc1cccc(Cl)c1. The van der Waals surface area contributed by atoms with Crippen LogP contribution in [0.15, 0.2) is 75.0 Å². The second-order valence-electron chi connectivity index (χ2n) is 7.27. The number of halogens is 2. The van der Waals surface area contributed by atoms with E-state index in [-0.39, 0.29) is 5.91 Å². The molecule has 0 atom stereocenters. The summed E-state index contributed by atoms with van der Waals surface area (Å²) >= 11 is 10.9. The van der Waals surface area contributed by atoms with Gasteiger partial charge in [0.2, 0.25) is 0 Å². The number of hydrogen-bond donors (Lipinski definition) is 1. The molecule has 1 fully saturated rings. The second-order valence-corrected chi connectivity index (χ2v) is 9.59. The summed E-state index contributed by atoms with van der Waals surface area (Å²) < 4.78 is 12.2. The number of carbonyl (C=O) groups excluding carboxylic acids is 1. The predicted molar refractivity (Wildman–Crippen MR) is 138 cm³/mol. The number of amidine groups is 1. The highest BCUT2D eigenvalue weighted by atomic mass is 79.9. The molecular formula is C25H20BrClN2O3S. The second kappa shape index (κ2) is 10.5. The molecule has 0 aliphatic carbocycles. The molecule has 0 radical (unpaired) electrons. The van der Waals surface area contributed by atoms with Crippen LogP contribution in [0.5, 0.6) is 11.5 Å². The van der Waals surface area contributed by atoms with E-state index >= 15 is 0 Å². The van der Waals surface area contributed by atoms with Crippen molar-refractivity contribution < 1.29 is 14.3 Å². The van der Waals surface area contributed by atoms with E-state index in [0.29, 0.717) is 37.7 Å². The van der Waals surface area contributed by atoms with E-state index < -0.39 is 0 Å². The van der Waals surface area contributed by atoms with E-state index in [4.69, 9.17) is 21.1 Å². The smallest absolute Gasteiger partial charge is 0.264 e. The van der Waals surface area contributed by atoms with Gasteiger partial charge in [-0.3, -0.25) is 4.79 Å². The third kappa shape index (κ3) is 5.99. The fraction of sp³-hybridized carbons (Fsp3) is 0.120.